The van der Waals surface area contributed by atoms with Gasteiger partial charge in [-0.15, -0.1) is 11.3 Å². The minimum absolute atomic E-state index is 0.112. The zero-order valence-corrected chi connectivity index (χ0v) is 13.7. The fourth-order valence-electron chi connectivity index (χ4n) is 2.08. The van der Waals surface area contributed by atoms with E-state index in [1.165, 1.54) is 24.0 Å². The Kier molecular flexibility index (Phi) is 4.39. The lowest BCUT2D eigenvalue weighted by Crippen LogP contribution is -1.86. The van der Waals surface area contributed by atoms with Crippen molar-refractivity contribution in [2.45, 2.75) is 6.92 Å². The molecule has 0 aliphatic heterocycles. The molecule has 116 valence electrons. The Bertz CT molecular complexity index is 838. The number of ether oxygens (including phenoxy) is 1. The van der Waals surface area contributed by atoms with Crippen LogP contribution in [0.3, 0.4) is 0 Å². The third-order valence-corrected chi connectivity index (χ3v) is 4.12. The van der Waals surface area contributed by atoms with Gasteiger partial charge in [0.2, 0.25) is 5.13 Å². The largest absolute Gasteiger partial charge is 0.504 e. The summed E-state index contributed by atoms with van der Waals surface area (Å²) in [6.07, 6.45) is 1.71. The van der Waals surface area contributed by atoms with Gasteiger partial charge in [-0.3, -0.25) is 0 Å². The van der Waals surface area contributed by atoms with Crippen LogP contribution in [-0.2, 0) is 0 Å². The van der Waals surface area contributed by atoms with Crippen molar-refractivity contribution in [2.75, 3.05) is 7.11 Å². The first-order valence-electron chi connectivity index (χ1n) is 7.09. The van der Waals surface area contributed by atoms with Gasteiger partial charge >= 0.3 is 0 Å². The van der Waals surface area contributed by atoms with Gasteiger partial charge in [0.1, 0.15) is 0 Å². The van der Waals surface area contributed by atoms with Crippen LogP contribution in [0.15, 0.2) is 52.8 Å². The van der Waals surface area contributed by atoms with E-state index in [9.17, 15) is 5.11 Å². The predicted octanol–water partition coefficient (Wildman–Crippen LogP) is 4.58. The standard InChI is InChI=1S/C18H16N2O2S/c1-12-3-6-14(7-4-12)15-11-23-18(20-15)19-10-13-5-8-16(21)17(9-13)22-2/h3-11,21H,1-2H3. The highest BCUT2D eigenvalue weighted by Gasteiger charge is 2.04. The molecule has 3 rings (SSSR count). The van der Waals surface area contributed by atoms with Gasteiger partial charge in [-0.1, -0.05) is 29.8 Å². The summed E-state index contributed by atoms with van der Waals surface area (Å²) >= 11 is 1.49. The molecule has 4 nitrogen and oxygen atoms in total. The minimum atomic E-state index is 0.112. The second-order valence-electron chi connectivity index (χ2n) is 5.07. The number of aryl methyl sites for hydroxylation is 1. The Morgan fingerprint density at radius 3 is 2.70 bits per heavy atom. The number of aromatic hydroxyl groups is 1. The molecule has 0 amide bonds. The van der Waals surface area contributed by atoms with Crippen LogP contribution in [0, 0.1) is 6.92 Å². The summed E-state index contributed by atoms with van der Waals surface area (Å²) in [6, 6.07) is 13.3. The van der Waals surface area contributed by atoms with Crippen molar-refractivity contribution >= 4 is 22.7 Å². The maximum atomic E-state index is 9.59. The van der Waals surface area contributed by atoms with Crippen LogP contribution in [0.2, 0.25) is 0 Å². The van der Waals surface area contributed by atoms with Gasteiger partial charge in [-0.05, 0) is 30.7 Å². The highest BCUT2D eigenvalue weighted by atomic mass is 32.1. The molecule has 0 bridgehead atoms. The molecule has 0 aliphatic carbocycles. The number of thiazole rings is 1. The van der Waals surface area contributed by atoms with Crippen molar-refractivity contribution in [3.8, 4) is 22.8 Å². The van der Waals surface area contributed by atoms with E-state index in [-0.39, 0.29) is 5.75 Å². The van der Waals surface area contributed by atoms with Gasteiger partial charge < -0.3 is 9.84 Å². The summed E-state index contributed by atoms with van der Waals surface area (Å²) in [4.78, 5) is 8.92. The van der Waals surface area contributed by atoms with Gasteiger partial charge in [-0.2, -0.15) is 0 Å². The van der Waals surface area contributed by atoms with E-state index in [4.69, 9.17) is 4.74 Å². The van der Waals surface area contributed by atoms with Gasteiger partial charge in [0, 0.05) is 17.2 Å². The van der Waals surface area contributed by atoms with E-state index in [1.54, 1.807) is 24.4 Å². The van der Waals surface area contributed by atoms with E-state index in [2.05, 4.69) is 41.2 Å². The van der Waals surface area contributed by atoms with Crippen molar-refractivity contribution in [3.05, 3.63) is 59.0 Å². The number of phenols is 1. The second-order valence-corrected chi connectivity index (χ2v) is 5.91. The summed E-state index contributed by atoms with van der Waals surface area (Å²) in [5.41, 5.74) is 4.07. The zero-order valence-electron chi connectivity index (χ0n) is 12.9. The van der Waals surface area contributed by atoms with Crippen LogP contribution in [0.1, 0.15) is 11.1 Å². The molecule has 5 heteroatoms. The molecule has 2 aromatic carbocycles. The first kappa shape index (κ1) is 15.2. The van der Waals surface area contributed by atoms with Crippen LogP contribution in [0.5, 0.6) is 11.5 Å². The smallest absolute Gasteiger partial charge is 0.209 e. The monoisotopic (exact) mass is 324 g/mol. The predicted molar refractivity (Wildman–Crippen MR) is 94.2 cm³/mol. The number of nitrogens with zero attached hydrogens (tertiary/aromatic N) is 2. The Morgan fingerprint density at radius 1 is 1.17 bits per heavy atom. The minimum Gasteiger partial charge on any atom is -0.504 e. The van der Waals surface area contributed by atoms with Crippen molar-refractivity contribution in [2.24, 2.45) is 4.99 Å². The molecule has 1 heterocycles. The van der Waals surface area contributed by atoms with E-state index >= 15 is 0 Å². The van der Waals surface area contributed by atoms with Crippen molar-refractivity contribution in [1.82, 2.24) is 4.98 Å². The van der Waals surface area contributed by atoms with Crippen LogP contribution in [0.4, 0.5) is 5.13 Å². The number of aromatic nitrogens is 1. The summed E-state index contributed by atoms with van der Waals surface area (Å²) in [5, 5.41) is 12.3. The van der Waals surface area contributed by atoms with Crippen LogP contribution in [0.25, 0.3) is 11.3 Å². The van der Waals surface area contributed by atoms with Crippen molar-refractivity contribution < 1.29 is 9.84 Å². The summed E-state index contributed by atoms with van der Waals surface area (Å²) in [5.74, 6) is 0.536. The lowest BCUT2D eigenvalue weighted by molar-refractivity contribution is 0.373. The van der Waals surface area contributed by atoms with Gasteiger partial charge in [-0.25, -0.2) is 9.98 Å². The van der Waals surface area contributed by atoms with Crippen LogP contribution in [-0.4, -0.2) is 23.4 Å². The molecule has 1 N–H and O–H groups in total. The highest BCUT2D eigenvalue weighted by molar-refractivity contribution is 7.13. The maximum absolute atomic E-state index is 9.59. The van der Waals surface area contributed by atoms with E-state index < -0.39 is 0 Å². The third kappa shape index (κ3) is 3.57. The molecule has 0 saturated carbocycles. The maximum Gasteiger partial charge on any atom is 0.209 e. The molecule has 3 aromatic rings. The average Bonchev–Trinajstić information content (AvgIpc) is 3.04. The summed E-state index contributed by atoms with van der Waals surface area (Å²) < 4.78 is 5.08. The van der Waals surface area contributed by atoms with E-state index in [1.807, 2.05) is 5.38 Å². The molecule has 0 saturated heterocycles. The molecular formula is C18H16N2O2S. The molecule has 23 heavy (non-hydrogen) atoms. The number of hydrogen-bond acceptors (Lipinski definition) is 5. The van der Waals surface area contributed by atoms with E-state index in [0.717, 1.165) is 16.8 Å². The third-order valence-electron chi connectivity index (χ3n) is 3.37. The fourth-order valence-corrected chi connectivity index (χ4v) is 2.76. The molecule has 1 aromatic heterocycles. The lowest BCUT2D eigenvalue weighted by atomic mass is 10.1. The Balaban J connectivity index is 1.80. The molecule has 0 unspecified atom stereocenters. The number of aliphatic imine (C=N–C) groups is 1. The topological polar surface area (TPSA) is 54.7 Å². The average molecular weight is 324 g/mol. The van der Waals surface area contributed by atoms with Crippen molar-refractivity contribution in [1.29, 1.82) is 0 Å². The highest BCUT2D eigenvalue weighted by Crippen LogP contribution is 2.28. The van der Waals surface area contributed by atoms with E-state index in [0.29, 0.717) is 10.9 Å². The Morgan fingerprint density at radius 2 is 1.96 bits per heavy atom. The van der Waals surface area contributed by atoms with Gasteiger partial charge in [0.25, 0.3) is 0 Å². The molecular weight excluding hydrogens is 308 g/mol. The SMILES string of the molecule is COc1cc(C=Nc2nc(-c3ccc(C)cc3)cs2)ccc1O. The number of phenolic OH excluding ortho intramolecular Hbond substituents is 1. The second kappa shape index (κ2) is 6.62. The quantitative estimate of drug-likeness (QED) is 0.715. The molecule has 0 radical (unpaired) electrons. The van der Waals surface area contributed by atoms with Gasteiger partial charge in [0.15, 0.2) is 11.5 Å². The Hall–Kier alpha value is -2.66. The van der Waals surface area contributed by atoms with Gasteiger partial charge in [0.05, 0.1) is 12.8 Å². The zero-order chi connectivity index (χ0) is 16.2. The van der Waals surface area contributed by atoms with Crippen LogP contribution >= 0.6 is 11.3 Å². The van der Waals surface area contributed by atoms with Crippen LogP contribution < -0.4 is 4.74 Å². The lowest BCUT2D eigenvalue weighted by Gasteiger charge is -2.02. The summed E-state index contributed by atoms with van der Waals surface area (Å²) in [7, 11) is 1.52. The van der Waals surface area contributed by atoms with Crippen molar-refractivity contribution in [3.63, 3.8) is 0 Å². The summed E-state index contributed by atoms with van der Waals surface area (Å²) in [6.45, 7) is 2.06. The number of methoxy groups -OCH3 is 1. The molecule has 0 fully saturated rings. The molecule has 0 spiro atoms. The number of hydrogen-bond donors (Lipinski definition) is 1. The molecule has 0 atom stereocenters. The normalized spacial score (nSPS) is 11.0. The fraction of sp³-hybridized carbons (Fsp3) is 0.111. The Labute approximate surface area is 138 Å². The first-order chi connectivity index (χ1) is 11.2. The molecule has 0 aliphatic rings. The number of rotatable bonds is 4. The first-order valence-corrected chi connectivity index (χ1v) is 7.97. The number of benzene rings is 2.